The van der Waals surface area contributed by atoms with Crippen molar-refractivity contribution in [3.63, 3.8) is 0 Å². The standard InChI is InChI=1S/C14H11ClO/c1-10-7-8-12(13(15)9-10)14(16)11-5-3-2-4-6-11/h2-9H,1H3. The second kappa shape index (κ2) is 4.50. The van der Waals surface area contributed by atoms with Gasteiger partial charge in [0.05, 0.1) is 5.02 Å². The number of rotatable bonds is 2. The lowest BCUT2D eigenvalue weighted by molar-refractivity contribution is 0.103. The van der Waals surface area contributed by atoms with E-state index in [2.05, 4.69) is 0 Å². The van der Waals surface area contributed by atoms with Crippen molar-refractivity contribution in [1.29, 1.82) is 0 Å². The highest BCUT2D eigenvalue weighted by atomic mass is 35.5. The Balaban J connectivity index is 2.42. The van der Waals surface area contributed by atoms with E-state index in [0.717, 1.165) is 5.56 Å². The van der Waals surface area contributed by atoms with Gasteiger partial charge in [0.2, 0.25) is 0 Å². The van der Waals surface area contributed by atoms with E-state index in [1.54, 1.807) is 24.3 Å². The molecule has 80 valence electrons. The fraction of sp³-hybridized carbons (Fsp3) is 0.0714. The zero-order valence-corrected chi connectivity index (χ0v) is 9.66. The average molecular weight is 231 g/mol. The molecule has 2 aromatic rings. The minimum atomic E-state index is -0.0365. The first kappa shape index (κ1) is 10.9. The first-order chi connectivity index (χ1) is 7.68. The van der Waals surface area contributed by atoms with Crippen LogP contribution >= 0.6 is 11.6 Å². The van der Waals surface area contributed by atoms with Crippen LogP contribution in [0.15, 0.2) is 48.5 Å². The lowest BCUT2D eigenvalue weighted by atomic mass is 10.0. The molecular weight excluding hydrogens is 220 g/mol. The lowest BCUT2D eigenvalue weighted by Crippen LogP contribution is -2.01. The van der Waals surface area contributed by atoms with Crippen LogP contribution in [0.4, 0.5) is 0 Å². The highest BCUT2D eigenvalue weighted by Crippen LogP contribution is 2.20. The third-order valence-corrected chi connectivity index (χ3v) is 2.72. The summed E-state index contributed by atoms with van der Waals surface area (Å²) < 4.78 is 0. The Morgan fingerprint density at radius 2 is 1.75 bits per heavy atom. The van der Waals surface area contributed by atoms with Crippen molar-refractivity contribution >= 4 is 17.4 Å². The van der Waals surface area contributed by atoms with Gasteiger partial charge in [-0.1, -0.05) is 48.0 Å². The Bertz CT molecular complexity index is 518. The van der Waals surface area contributed by atoms with E-state index >= 15 is 0 Å². The van der Waals surface area contributed by atoms with Crippen LogP contribution in [0, 0.1) is 6.92 Å². The van der Waals surface area contributed by atoms with Crippen molar-refractivity contribution in [3.05, 3.63) is 70.2 Å². The van der Waals surface area contributed by atoms with Crippen LogP contribution in [-0.4, -0.2) is 5.78 Å². The van der Waals surface area contributed by atoms with Gasteiger partial charge < -0.3 is 0 Å². The maximum absolute atomic E-state index is 12.1. The van der Waals surface area contributed by atoms with E-state index in [0.29, 0.717) is 16.1 Å². The molecule has 2 aromatic carbocycles. The molecule has 0 spiro atoms. The second-order valence-electron chi connectivity index (χ2n) is 3.68. The van der Waals surface area contributed by atoms with Crippen LogP contribution in [0.3, 0.4) is 0 Å². The van der Waals surface area contributed by atoms with Gasteiger partial charge in [0.25, 0.3) is 0 Å². The van der Waals surface area contributed by atoms with Crippen molar-refractivity contribution < 1.29 is 4.79 Å². The van der Waals surface area contributed by atoms with Crippen LogP contribution < -0.4 is 0 Å². The maximum atomic E-state index is 12.1. The average Bonchev–Trinajstić information content (AvgIpc) is 2.29. The summed E-state index contributed by atoms with van der Waals surface area (Å²) in [6, 6.07) is 14.6. The van der Waals surface area contributed by atoms with E-state index in [1.165, 1.54) is 0 Å². The Kier molecular flexibility index (Phi) is 3.07. The van der Waals surface area contributed by atoms with Gasteiger partial charge in [-0.2, -0.15) is 0 Å². The van der Waals surface area contributed by atoms with E-state index in [-0.39, 0.29) is 5.78 Å². The third-order valence-electron chi connectivity index (χ3n) is 2.41. The molecule has 0 bridgehead atoms. The molecule has 0 unspecified atom stereocenters. The molecule has 0 fully saturated rings. The summed E-state index contributed by atoms with van der Waals surface area (Å²) in [5.74, 6) is -0.0365. The van der Waals surface area contributed by atoms with Gasteiger partial charge >= 0.3 is 0 Å². The zero-order valence-electron chi connectivity index (χ0n) is 8.91. The first-order valence-corrected chi connectivity index (χ1v) is 5.42. The van der Waals surface area contributed by atoms with E-state index in [1.807, 2.05) is 31.2 Å². The number of ketones is 1. The molecule has 2 heteroatoms. The van der Waals surface area contributed by atoms with Crippen LogP contribution in [0.1, 0.15) is 21.5 Å². The smallest absolute Gasteiger partial charge is 0.194 e. The van der Waals surface area contributed by atoms with Crippen LogP contribution in [0.5, 0.6) is 0 Å². The molecule has 0 N–H and O–H groups in total. The Labute approximate surface area is 99.7 Å². The predicted octanol–water partition coefficient (Wildman–Crippen LogP) is 3.88. The molecular formula is C14H11ClO. The highest BCUT2D eigenvalue weighted by molar-refractivity contribution is 6.35. The summed E-state index contributed by atoms with van der Waals surface area (Å²) in [6.45, 7) is 1.95. The van der Waals surface area contributed by atoms with Crippen molar-refractivity contribution in [2.75, 3.05) is 0 Å². The summed E-state index contributed by atoms with van der Waals surface area (Å²) in [5.41, 5.74) is 2.27. The zero-order chi connectivity index (χ0) is 11.5. The van der Waals surface area contributed by atoms with Crippen molar-refractivity contribution in [3.8, 4) is 0 Å². The Morgan fingerprint density at radius 1 is 1.06 bits per heavy atom. The quantitative estimate of drug-likeness (QED) is 0.716. The molecule has 0 amide bonds. The number of halogens is 1. The molecule has 16 heavy (non-hydrogen) atoms. The molecule has 0 aliphatic rings. The topological polar surface area (TPSA) is 17.1 Å². The van der Waals surface area contributed by atoms with Gasteiger partial charge in [-0.25, -0.2) is 0 Å². The SMILES string of the molecule is Cc1ccc(C(=O)c2ccccc2)c(Cl)c1. The highest BCUT2D eigenvalue weighted by Gasteiger charge is 2.11. The fourth-order valence-electron chi connectivity index (χ4n) is 1.55. The fourth-order valence-corrected chi connectivity index (χ4v) is 1.87. The minimum absolute atomic E-state index is 0.0365. The molecule has 0 heterocycles. The van der Waals surface area contributed by atoms with Gasteiger partial charge in [0.1, 0.15) is 0 Å². The molecule has 0 saturated carbocycles. The largest absolute Gasteiger partial charge is 0.289 e. The van der Waals surface area contributed by atoms with Crippen molar-refractivity contribution in [1.82, 2.24) is 0 Å². The number of carbonyl (C=O) groups excluding carboxylic acids is 1. The summed E-state index contributed by atoms with van der Waals surface area (Å²) in [6.07, 6.45) is 0. The van der Waals surface area contributed by atoms with E-state index in [4.69, 9.17) is 11.6 Å². The lowest BCUT2D eigenvalue weighted by Gasteiger charge is -2.04. The summed E-state index contributed by atoms with van der Waals surface area (Å²) >= 11 is 6.05. The molecule has 0 aliphatic carbocycles. The summed E-state index contributed by atoms with van der Waals surface area (Å²) in [4.78, 5) is 12.1. The Morgan fingerprint density at radius 3 is 2.38 bits per heavy atom. The van der Waals surface area contributed by atoms with Crippen molar-refractivity contribution in [2.45, 2.75) is 6.92 Å². The van der Waals surface area contributed by atoms with Gasteiger partial charge in [0, 0.05) is 11.1 Å². The molecule has 0 atom stereocenters. The minimum Gasteiger partial charge on any atom is -0.289 e. The Hall–Kier alpha value is -1.60. The second-order valence-corrected chi connectivity index (χ2v) is 4.09. The number of carbonyl (C=O) groups is 1. The molecule has 2 rings (SSSR count). The van der Waals surface area contributed by atoms with Gasteiger partial charge in [-0.05, 0) is 24.6 Å². The van der Waals surface area contributed by atoms with E-state index < -0.39 is 0 Å². The molecule has 0 radical (unpaired) electrons. The molecule has 0 aromatic heterocycles. The van der Waals surface area contributed by atoms with Crippen LogP contribution in [-0.2, 0) is 0 Å². The number of benzene rings is 2. The molecule has 1 nitrogen and oxygen atoms in total. The molecule has 0 aliphatic heterocycles. The normalized spacial score (nSPS) is 10.1. The van der Waals surface area contributed by atoms with E-state index in [9.17, 15) is 4.79 Å². The third kappa shape index (κ3) is 2.15. The van der Waals surface area contributed by atoms with Crippen molar-refractivity contribution in [2.24, 2.45) is 0 Å². The maximum Gasteiger partial charge on any atom is 0.194 e. The number of aryl methyl sites for hydroxylation is 1. The summed E-state index contributed by atoms with van der Waals surface area (Å²) in [7, 11) is 0. The monoisotopic (exact) mass is 230 g/mol. The van der Waals surface area contributed by atoms with Crippen LogP contribution in [0.2, 0.25) is 5.02 Å². The van der Waals surface area contributed by atoms with Crippen LogP contribution in [0.25, 0.3) is 0 Å². The first-order valence-electron chi connectivity index (χ1n) is 5.04. The van der Waals surface area contributed by atoms with Gasteiger partial charge in [-0.3, -0.25) is 4.79 Å². The van der Waals surface area contributed by atoms with Gasteiger partial charge in [-0.15, -0.1) is 0 Å². The number of hydrogen-bond acceptors (Lipinski definition) is 1. The van der Waals surface area contributed by atoms with Gasteiger partial charge in [0.15, 0.2) is 5.78 Å². The predicted molar refractivity (Wildman–Crippen MR) is 66.1 cm³/mol. The number of hydrogen-bond donors (Lipinski definition) is 0. The summed E-state index contributed by atoms with van der Waals surface area (Å²) in [5, 5.41) is 0.508. The molecule has 0 saturated heterocycles.